The van der Waals surface area contributed by atoms with Gasteiger partial charge in [-0.2, -0.15) is 0 Å². The summed E-state index contributed by atoms with van der Waals surface area (Å²) in [5.41, 5.74) is 1.51. The standard InChI is InChI=1S/C11H18/c1-9(2)11-7-5-4-6-10(3)8-11/h5,7-10H,4,6H2,1-3H3. The average Bonchev–Trinajstić information content (AvgIpc) is 2.13. The molecule has 0 amide bonds. The van der Waals surface area contributed by atoms with Crippen LogP contribution in [0.1, 0.15) is 33.6 Å². The Balaban J connectivity index is 2.71. The van der Waals surface area contributed by atoms with Gasteiger partial charge in [-0.15, -0.1) is 0 Å². The zero-order chi connectivity index (χ0) is 8.27. The van der Waals surface area contributed by atoms with E-state index in [1.165, 1.54) is 18.4 Å². The van der Waals surface area contributed by atoms with Crippen molar-refractivity contribution in [2.75, 3.05) is 0 Å². The fraction of sp³-hybridized carbons (Fsp3) is 0.636. The molecule has 0 radical (unpaired) electrons. The van der Waals surface area contributed by atoms with Crippen LogP contribution in [-0.4, -0.2) is 0 Å². The summed E-state index contributed by atoms with van der Waals surface area (Å²) in [6.45, 7) is 6.82. The molecule has 11 heavy (non-hydrogen) atoms. The van der Waals surface area contributed by atoms with E-state index in [-0.39, 0.29) is 0 Å². The van der Waals surface area contributed by atoms with Gasteiger partial charge >= 0.3 is 0 Å². The first-order valence-electron chi connectivity index (χ1n) is 4.58. The van der Waals surface area contributed by atoms with Crippen LogP contribution in [0.3, 0.4) is 0 Å². The molecular formula is C11H18. The smallest absolute Gasteiger partial charge is 0.0222 e. The van der Waals surface area contributed by atoms with Crippen molar-refractivity contribution in [1.29, 1.82) is 0 Å². The molecule has 0 saturated heterocycles. The maximum Gasteiger partial charge on any atom is -0.0222 e. The van der Waals surface area contributed by atoms with Crippen LogP contribution in [0, 0.1) is 11.8 Å². The summed E-state index contributed by atoms with van der Waals surface area (Å²) in [5, 5.41) is 0. The van der Waals surface area contributed by atoms with Gasteiger partial charge in [0.25, 0.3) is 0 Å². The summed E-state index contributed by atoms with van der Waals surface area (Å²) < 4.78 is 0. The van der Waals surface area contributed by atoms with Gasteiger partial charge in [-0.05, 0) is 30.3 Å². The Hall–Kier alpha value is -0.520. The zero-order valence-corrected chi connectivity index (χ0v) is 7.80. The molecule has 0 nitrogen and oxygen atoms in total. The lowest BCUT2D eigenvalue weighted by Gasteiger charge is -2.07. The van der Waals surface area contributed by atoms with Crippen molar-refractivity contribution in [2.24, 2.45) is 11.8 Å². The van der Waals surface area contributed by atoms with Crippen molar-refractivity contribution < 1.29 is 0 Å². The molecule has 0 bridgehead atoms. The van der Waals surface area contributed by atoms with E-state index in [0.29, 0.717) is 5.92 Å². The van der Waals surface area contributed by atoms with Crippen molar-refractivity contribution in [3.8, 4) is 0 Å². The highest BCUT2D eigenvalue weighted by molar-refractivity contribution is 5.22. The van der Waals surface area contributed by atoms with Gasteiger partial charge in [0.2, 0.25) is 0 Å². The monoisotopic (exact) mass is 150 g/mol. The molecule has 1 atom stereocenters. The lowest BCUT2D eigenvalue weighted by molar-refractivity contribution is 0.652. The molecule has 0 saturated carbocycles. The van der Waals surface area contributed by atoms with Crippen molar-refractivity contribution in [3.05, 3.63) is 23.8 Å². The quantitative estimate of drug-likeness (QED) is 0.536. The molecule has 1 unspecified atom stereocenters. The van der Waals surface area contributed by atoms with Crippen molar-refractivity contribution in [2.45, 2.75) is 33.6 Å². The molecule has 0 fully saturated rings. The van der Waals surface area contributed by atoms with Crippen LogP contribution < -0.4 is 0 Å². The van der Waals surface area contributed by atoms with Gasteiger partial charge in [0.1, 0.15) is 0 Å². The Morgan fingerprint density at radius 3 is 2.82 bits per heavy atom. The molecule has 0 aromatic heterocycles. The Kier molecular flexibility index (Phi) is 2.92. The topological polar surface area (TPSA) is 0 Å². The molecule has 0 heteroatoms. The molecule has 1 aliphatic carbocycles. The van der Waals surface area contributed by atoms with Crippen LogP contribution in [-0.2, 0) is 0 Å². The van der Waals surface area contributed by atoms with Crippen molar-refractivity contribution >= 4 is 0 Å². The van der Waals surface area contributed by atoms with Gasteiger partial charge in [0.05, 0.1) is 0 Å². The molecule has 0 aromatic rings. The Morgan fingerprint density at radius 2 is 2.18 bits per heavy atom. The minimum Gasteiger partial charge on any atom is -0.0842 e. The van der Waals surface area contributed by atoms with Gasteiger partial charge in [0, 0.05) is 0 Å². The van der Waals surface area contributed by atoms with Crippen LogP contribution in [0.2, 0.25) is 0 Å². The van der Waals surface area contributed by atoms with Gasteiger partial charge in [-0.1, -0.05) is 39.0 Å². The summed E-state index contributed by atoms with van der Waals surface area (Å²) in [6.07, 6.45) is 9.55. The van der Waals surface area contributed by atoms with E-state index >= 15 is 0 Å². The van der Waals surface area contributed by atoms with E-state index in [4.69, 9.17) is 0 Å². The highest BCUT2D eigenvalue weighted by Gasteiger charge is 2.05. The fourth-order valence-corrected chi connectivity index (χ4v) is 1.43. The predicted molar refractivity (Wildman–Crippen MR) is 50.5 cm³/mol. The summed E-state index contributed by atoms with van der Waals surface area (Å²) >= 11 is 0. The van der Waals surface area contributed by atoms with Crippen LogP contribution in [0.15, 0.2) is 23.8 Å². The normalized spacial score (nSPS) is 25.1. The van der Waals surface area contributed by atoms with E-state index in [1.807, 2.05) is 0 Å². The third kappa shape index (κ3) is 2.53. The second-order valence-corrected chi connectivity index (χ2v) is 3.78. The lowest BCUT2D eigenvalue weighted by atomic mass is 9.99. The summed E-state index contributed by atoms with van der Waals surface area (Å²) in [7, 11) is 0. The summed E-state index contributed by atoms with van der Waals surface area (Å²) in [5.74, 6) is 1.45. The first kappa shape index (κ1) is 8.58. The Labute approximate surface area is 70.0 Å². The van der Waals surface area contributed by atoms with Gasteiger partial charge in [-0.3, -0.25) is 0 Å². The lowest BCUT2D eigenvalue weighted by Crippen LogP contribution is -1.93. The number of allylic oxidation sites excluding steroid dienone is 4. The average molecular weight is 150 g/mol. The van der Waals surface area contributed by atoms with Crippen molar-refractivity contribution in [1.82, 2.24) is 0 Å². The number of hydrogen-bond acceptors (Lipinski definition) is 0. The second-order valence-electron chi connectivity index (χ2n) is 3.78. The first-order chi connectivity index (χ1) is 5.20. The van der Waals surface area contributed by atoms with Crippen LogP contribution >= 0.6 is 0 Å². The highest BCUT2D eigenvalue weighted by Crippen LogP contribution is 2.20. The maximum absolute atomic E-state index is 2.41. The minimum absolute atomic E-state index is 0.687. The molecule has 0 N–H and O–H groups in total. The molecule has 0 aliphatic heterocycles. The molecule has 1 rings (SSSR count). The largest absolute Gasteiger partial charge is 0.0842 e. The molecule has 0 aromatic carbocycles. The third-order valence-electron chi connectivity index (χ3n) is 2.24. The zero-order valence-electron chi connectivity index (χ0n) is 7.80. The fourth-order valence-electron chi connectivity index (χ4n) is 1.43. The third-order valence-corrected chi connectivity index (χ3v) is 2.24. The van der Waals surface area contributed by atoms with Gasteiger partial charge in [0.15, 0.2) is 0 Å². The summed E-state index contributed by atoms with van der Waals surface area (Å²) in [4.78, 5) is 0. The Bertz CT molecular complexity index is 172. The second kappa shape index (κ2) is 3.75. The summed E-state index contributed by atoms with van der Waals surface area (Å²) in [6, 6.07) is 0. The van der Waals surface area contributed by atoms with Gasteiger partial charge in [-0.25, -0.2) is 0 Å². The molecule has 1 aliphatic rings. The first-order valence-corrected chi connectivity index (χ1v) is 4.58. The van der Waals surface area contributed by atoms with Gasteiger partial charge < -0.3 is 0 Å². The number of rotatable bonds is 1. The predicted octanol–water partition coefficient (Wildman–Crippen LogP) is 3.55. The van der Waals surface area contributed by atoms with E-state index in [9.17, 15) is 0 Å². The van der Waals surface area contributed by atoms with Crippen molar-refractivity contribution in [3.63, 3.8) is 0 Å². The van der Waals surface area contributed by atoms with E-state index in [0.717, 1.165) is 5.92 Å². The molecule has 0 heterocycles. The molecule has 0 spiro atoms. The Morgan fingerprint density at radius 1 is 1.45 bits per heavy atom. The van der Waals surface area contributed by atoms with Crippen LogP contribution in [0.25, 0.3) is 0 Å². The maximum atomic E-state index is 2.41. The molecule has 62 valence electrons. The molecular weight excluding hydrogens is 132 g/mol. The minimum atomic E-state index is 0.687. The van der Waals surface area contributed by atoms with E-state index in [2.05, 4.69) is 39.0 Å². The van der Waals surface area contributed by atoms with Crippen LogP contribution in [0.5, 0.6) is 0 Å². The van der Waals surface area contributed by atoms with Crippen LogP contribution in [0.4, 0.5) is 0 Å². The van der Waals surface area contributed by atoms with E-state index in [1.54, 1.807) is 0 Å². The highest BCUT2D eigenvalue weighted by atomic mass is 14.1. The van der Waals surface area contributed by atoms with E-state index < -0.39 is 0 Å². The SMILES string of the molecule is CC1C=C(C(C)C)C=CCC1. The number of hydrogen-bond donors (Lipinski definition) is 0.